The van der Waals surface area contributed by atoms with Gasteiger partial charge in [-0.05, 0) is 24.1 Å². The highest BCUT2D eigenvalue weighted by atomic mass is 35.5. The van der Waals surface area contributed by atoms with Crippen LogP contribution in [0.25, 0.3) is 0 Å². The van der Waals surface area contributed by atoms with Crippen molar-refractivity contribution >= 4 is 29.2 Å². The first-order valence-corrected chi connectivity index (χ1v) is 5.96. The first-order chi connectivity index (χ1) is 7.84. The quantitative estimate of drug-likeness (QED) is 0.886. The molecule has 0 aliphatic rings. The molecule has 0 spiro atoms. The standard InChI is InChI=1S/C12H14Cl2O3/c1-6(7(2)12(16)17)11(15)9-5-8(13)3-4-10(9)14/h3-7,11,15H,1-2H3,(H,16,17). The molecule has 17 heavy (non-hydrogen) atoms. The third-order valence-electron chi connectivity index (χ3n) is 2.95. The van der Waals surface area contributed by atoms with Crippen molar-refractivity contribution in [2.75, 3.05) is 0 Å². The number of halogens is 2. The zero-order chi connectivity index (χ0) is 13.2. The molecule has 0 bridgehead atoms. The normalized spacial score (nSPS) is 16.3. The van der Waals surface area contributed by atoms with Crippen LogP contribution < -0.4 is 0 Å². The summed E-state index contributed by atoms with van der Waals surface area (Å²) in [7, 11) is 0. The summed E-state index contributed by atoms with van der Waals surface area (Å²) in [6.45, 7) is 3.22. The summed E-state index contributed by atoms with van der Waals surface area (Å²) < 4.78 is 0. The van der Waals surface area contributed by atoms with Crippen LogP contribution in [0.1, 0.15) is 25.5 Å². The predicted molar refractivity (Wildman–Crippen MR) is 67.4 cm³/mol. The van der Waals surface area contributed by atoms with Crippen molar-refractivity contribution < 1.29 is 15.0 Å². The van der Waals surface area contributed by atoms with Gasteiger partial charge < -0.3 is 10.2 Å². The van der Waals surface area contributed by atoms with Crippen LogP contribution in [0.3, 0.4) is 0 Å². The molecule has 0 aromatic heterocycles. The van der Waals surface area contributed by atoms with Crippen molar-refractivity contribution in [1.82, 2.24) is 0 Å². The van der Waals surface area contributed by atoms with Crippen molar-refractivity contribution in [3.05, 3.63) is 33.8 Å². The highest BCUT2D eigenvalue weighted by molar-refractivity contribution is 6.33. The molecule has 1 aromatic rings. The molecule has 0 saturated carbocycles. The smallest absolute Gasteiger partial charge is 0.306 e. The summed E-state index contributed by atoms with van der Waals surface area (Å²) in [4.78, 5) is 10.9. The van der Waals surface area contributed by atoms with Gasteiger partial charge in [0.2, 0.25) is 0 Å². The van der Waals surface area contributed by atoms with E-state index in [0.29, 0.717) is 15.6 Å². The van der Waals surface area contributed by atoms with E-state index in [4.69, 9.17) is 28.3 Å². The zero-order valence-corrected chi connectivity index (χ0v) is 11.0. The first-order valence-electron chi connectivity index (χ1n) is 5.20. The van der Waals surface area contributed by atoms with Crippen LogP contribution in [0.15, 0.2) is 18.2 Å². The molecule has 3 unspecified atom stereocenters. The lowest BCUT2D eigenvalue weighted by molar-refractivity contribution is -0.144. The molecule has 3 atom stereocenters. The fraction of sp³-hybridized carbons (Fsp3) is 0.417. The van der Waals surface area contributed by atoms with Gasteiger partial charge in [0.25, 0.3) is 0 Å². The Morgan fingerprint density at radius 2 is 1.88 bits per heavy atom. The third-order valence-corrected chi connectivity index (χ3v) is 3.53. The highest BCUT2D eigenvalue weighted by Gasteiger charge is 2.28. The number of carboxylic acids is 1. The van der Waals surface area contributed by atoms with E-state index in [1.54, 1.807) is 32.0 Å². The van der Waals surface area contributed by atoms with Crippen LogP contribution in [0.5, 0.6) is 0 Å². The highest BCUT2D eigenvalue weighted by Crippen LogP contribution is 2.33. The van der Waals surface area contributed by atoms with E-state index in [-0.39, 0.29) is 0 Å². The van der Waals surface area contributed by atoms with Crippen molar-refractivity contribution in [1.29, 1.82) is 0 Å². The molecule has 0 radical (unpaired) electrons. The van der Waals surface area contributed by atoms with Gasteiger partial charge in [0, 0.05) is 15.6 Å². The molecule has 0 fully saturated rings. The monoisotopic (exact) mass is 276 g/mol. The van der Waals surface area contributed by atoms with Gasteiger partial charge in [-0.2, -0.15) is 0 Å². The van der Waals surface area contributed by atoms with E-state index < -0.39 is 23.9 Å². The molecule has 0 aliphatic carbocycles. The maximum Gasteiger partial charge on any atom is 0.306 e. The van der Waals surface area contributed by atoms with Crippen LogP contribution in [0, 0.1) is 11.8 Å². The molecular weight excluding hydrogens is 263 g/mol. The molecule has 0 heterocycles. The average molecular weight is 277 g/mol. The molecule has 0 saturated heterocycles. The van der Waals surface area contributed by atoms with E-state index in [0.717, 1.165) is 0 Å². The second-order valence-corrected chi connectivity index (χ2v) is 4.94. The van der Waals surface area contributed by atoms with Gasteiger partial charge in [0.05, 0.1) is 12.0 Å². The van der Waals surface area contributed by atoms with Crippen LogP contribution in [-0.2, 0) is 4.79 Å². The molecule has 0 aliphatic heterocycles. The number of aliphatic carboxylic acids is 1. The molecule has 1 rings (SSSR count). The second-order valence-electron chi connectivity index (χ2n) is 4.10. The Bertz CT molecular complexity index is 420. The first kappa shape index (κ1) is 14.3. The Balaban J connectivity index is 2.99. The second kappa shape index (κ2) is 5.71. The minimum absolute atomic E-state index is 0.381. The maximum atomic E-state index is 10.9. The summed E-state index contributed by atoms with van der Waals surface area (Å²) >= 11 is 11.8. The van der Waals surface area contributed by atoms with Gasteiger partial charge in [0.15, 0.2) is 0 Å². The number of hydrogen-bond donors (Lipinski definition) is 2. The lowest BCUT2D eigenvalue weighted by atomic mass is 9.87. The number of carboxylic acid groups (broad SMARTS) is 1. The molecule has 3 nitrogen and oxygen atoms in total. The SMILES string of the molecule is CC(C(=O)O)C(C)C(O)c1cc(Cl)ccc1Cl. The van der Waals surface area contributed by atoms with Crippen molar-refractivity contribution in [2.24, 2.45) is 11.8 Å². The third kappa shape index (κ3) is 3.35. The van der Waals surface area contributed by atoms with E-state index in [2.05, 4.69) is 0 Å². The molecule has 2 N–H and O–H groups in total. The number of aliphatic hydroxyl groups excluding tert-OH is 1. The van der Waals surface area contributed by atoms with Gasteiger partial charge in [0.1, 0.15) is 0 Å². The largest absolute Gasteiger partial charge is 0.481 e. The van der Waals surface area contributed by atoms with E-state index in [9.17, 15) is 9.90 Å². The topological polar surface area (TPSA) is 57.5 Å². The number of rotatable bonds is 4. The number of aliphatic hydroxyl groups is 1. The Morgan fingerprint density at radius 3 is 2.41 bits per heavy atom. The average Bonchev–Trinajstić information content (AvgIpc) is 2.29. The van der Waals surface area contributed by atoms with Gasteiger partial charge in [-0.3, -0.25) is 4.79 Å². The fourth-order valence-corrected chi connectivity index (χ4v) is 1.93. The van der Waals surface area contributed by atoms with E-state index in [1.165, 1.54) is 0 Å². The molecule has 5 heteroatoms. The number of carbonyl (C=O) groups is 1. The Labute approximate surface area is 110 Å². The van der Waals surface area contributed by atoms with E-state index in [1.807, 2.05) is 0 Å². The fourth-order valence-electron chi connectivity index (χ4n) is 1.52. The minimum atomic E-state index is -0.952. The number of benzene rings is 1. The van der Waals surface area contributed by atoms with Gasteiger partial charge in [-0.1, -0.05) is 37.0 Å². The summed E-state index contributed by atoms with van der Waals surface area (Å²) in [5.74, 6) is -2.07. The van der Waals surface area contributed by atoms with Gasteiger partial charge in [-0.15, -0.1) is 0 Å². The Morgan fingerprint density at radius 1 is 1.29 bits per heavy atom. The summed E-state index contributed by atoms with van der Waals surface area (Å²) in [6.07, 6.45) is -0.952. The molecule has 1 aromatic carbocycles. The van der Waals surface area contributed by atoms with Gasteiger partial charge in [-0.25, -0.2) is 0 Å². The lowest BCUT2D eigenvalue weighted by Gasteiger charge is -2.23. The van der Waals surface area contributed by atoms with E-state index >= 15 is 0 Å². The summed E-state index contributed by atoms with van der Waals surface area (Å²) in [5, 5.41) is 19.8. The van der Waals surface area contributed by atoms with Crippen LogP contribution in [0.4, 0.5) is 0 Å². The summed E-state index contributed by atoms with van der Waals surface area (Å²) in [6, 6.07) is 4.76. The molecular formula is C12H14Cl2O3. The van der Waals surface area contributed by atoms with Crippen LogP contribution in [-0.4, -0.2) is 16.2 Å². The van der Waals surface area contributed by atoms with Crippen LogP contribution in [0.2, 0.25) is 10.0 Å². The van der Waals surface area contributed by atoms with Crippen LogP contribution >= 0.6 is 23.2 Å². The summed E-state index contributed by atoms with van der Waals surface area (Å²) in [5.41, 5.74) is 0.458. The van der Waals surface area contributed by atoms with Crippen molar-refractivity contribution in [3.63, 3.8) is 0 Å². The number of hydrogen-bond acceptors (Lipinski definition) is 2. The zero-order valence-electron chi connectivity index (χ0n) is 9.52. The Kier molecular flexibility index (Phi) is 4.80. The predicted octanol–water partition coefficient (Wildman–Crippen LogP) is 3.38. The molecule has 0 amide bonds. The maximum absolute atomic E-state index is 10.9. The van der Waals surface area contributed by atoms with Crippen molar-refractivity contribution in [3.8, 4) is 0 Å². The van der Waals surface area contributed by atoms with Crippen molar-refractivity contribution in [2.45, 2.75) is 20.0 Å². The lowest BCUT2D eigenvalue weighted by Crippen LogP contribution is -2.24. The Hall–Kier alpha value is -0.770. The molecule has 94 valence electrons. The van der Waals surface area contributed by atoms with Gasteiger partial charge >= 0.3 is 5.97 Å². The minimum Gasteiger partial charge on any atom is -0.481 e.